The van der Waals surface area contributed by atoms with Crippen LogP contribution in [0.4, 0.5) is 0 Å². The fraction of sp³-hybridized carbons (Fsp3) is 0.910. The highest BCUT2D eigenvalue weighted by Crippen LogP contribution is 2.18. The first-order valence-corrected chi connectivity index (χ1v) is 33.1. The summed E-state index contributed by atoms with van der Waals surface area (Å²) < 4.78 is 5.51. The Hall–Kier alpha value is -1.66. The van der Waals surface area contributed by atoms with Crippen molar-refractivity contribution in [1.29, 1.82) is 0 Å². The van der Waals surface area contributed by atoms with Crippen LogP contribution in [0.15, 0.2) is 24.3 Å². The minimum absolute atomic E-state index is 0.0147. The van der Waals surface area contributed by atoms with Gasteiger partial charge in [0, 0.05) is 12.8 Å². The minimum Gasteiger partial charge on any atom is -0.466 e. The molecule has 3 N–H and O–H groups in total. The van der Waals surface area contributed by atoms with Gasteiger partial charge in [-0.3, -0.25) is 9.59 Å². The Balaban J connectivity index is 3.31. The highest BCUT2D eigenvalue weighted by atomic mass is 16.5. The smallest absolute Gasteiger partial charge is 0.305 e. The van der Waals surface area contributed by atoms with Crippen molar-refractivity contribution in [3.05, 3.63) is 24.3 Å². The van der Waals surface area contributed by atoms with Crippen LogP contribution in [0.5, 0.6) is 0 Å². The number of nitrogens with one attached hydrogen (secondary N) is 1. The van der Waals surface area contributed by atoms with Gasteiger partial charge in [0.15, 0.2) is 0 Å². The van der Waals surface area contributed by atoms with Crippen LogP contribution >= 0.6 is 0 Å². The molecule has 6 heteroatoms. The number of carbonyl (C=O) groups excluding carboxylic acids is 2. The molecule has 0 radical (unpaired) electrons. The Bertz CT molecular complexity index is 1140. The SMILES string of the molecule is CCCCC/C=C\C/C=C\CCCCCCCCCCCC(=O)OCCCCCCCCCCCCCCCCCCCCCCCCCCCCCC(=O)NC(CO)C(O)CCCCCCCCCCCC. The molecular formula is C67H129NO5. The van der Waals surface area contributed by atoms with Gasteiger partial charge in [-0.15, -0.1) is 0 Å². The maximum Gasteiger partial charge on any atom is 0.305 e. The zero-order valence-corrected chi connectivity index (χ0v) is 49.4. The largest absolute Gasteiger partial charge is 0.466 e. The second kappa shape index (κ2) is 62.9. The van der Waals surface area contributed by atoms with Gasteiger partial charge in [-0.25, -0.2) is 0 Å². The third-order valence-electron chi connectivity index (χ3n) is 15.5. The fourth-order valence-electron chi connectivity index (χ4n) is 10.4. The standard InChI is InChI=1S/C67H129NO5/c1-3-5-7-9-11-13-15-16-17-18-28-32-35-38-41-45-49-53-57-61-67(72)73-62-58-54-50-46-42-39-36-33-30-27-25-23-21-19-20-22-24-26-29-31-34-37-40-44-48-52-56-60-66(71)68-64(63-69)65(70)59-55-51-47-43-14-12-10-8-6-4-2/h11,13,16-17,64-65,69-70H,3-10,12,14-15,18-63H2,1-2H3,(H,68,71)/b13-11-,17-16-. The number of allylic oxidation sites excluding steroid dienone is 4. The van der Waals surface area contributed by atoms with E-state index in [0.29, 0.717) is 25.9 Å². The van der Waals surface area contributed by atoms with Crippen LogP contribution in [-0.2, 0) is 14.3 Å². The lowest BCUT2D eigenvalue weighted by Crippen LogP contribution is -2.45. The molecule has 0 heterocycles. The van der Waals surface area contributed by atoms with Gasteiger partial charge in [0.25, 0.3) is 0 Å². The van der Waals surface area contributed by atoms with Gasteiger partial charge in [0.1, 0.15) is 0 Å². The van der Waals surface area contributed by atoms with Gasteiger partial charge in [-0.1, -0.05) is 321 Å². The summed E-state index contributed by atoms with van der Waals surface area (Å²) in [5.41, 5.74) is 0. The number of rotatable bonds is 62. The van der Waals surface area contributed by atoms with Crippen molar-refractivity contribution < 1.29 is 24.5 Å². The number of hydrogen-bond donors (Lipinski definition) is 3. The maximum atomic E-state index is 12.4. The van der Waals surface area contributed by atoms with Crippen LogP contribution in [0.2, 0.25) is 0 Å². The number of esters is 1. The molecule has 2 atom stereocenters. The topological polar surface area (TPSA) is 95.9 Å². The Morgan fingerprint density at radius 1 is 0.384 bits per heavy atom. The van der Waals surface area contributed by atoms with Gasteiger partial charge in [-0.2, -0.15) is 0 Å². The second-order valence-electron chi connectivity index (χ2n) is 22.8. The van der Waals surface area contributed by atoms with Crippen LogP contribution in [0.1, 0.15) is 367 Å². The van der Waals surface area contributed by atoms with Gasteiger partial charge >= 0.3 is 5.97 Å². The van der Waals surface area contributed by atoms with Crippen LogP contribution < -0.4 is 5.32 Å². The van der Waals surface area contributed by atoms with E-state index < -0.39 is 12.1 Å². The Labute approximate surface area is 456 Å². The van der Waals surface area contributed by atoms with E-state index in [9.17, 15) is 19.8 Å². The predicted molar refractivity (Wildman–Crippen MR) is 320 cm³/mol. The summed E-state index contributed by atoms with van der Waals surface area (Å²) in [5.74, 6) is -0.0177. The van der Waals surface area contributed by atoms with E-state index >= 15 is 0 Å². The first kappa shape index (κ1) is 71.3. The summed E-state index contributed by atoms with van der Waals surface area (Å²) in [7, 11) is 0. The number of unbranched alkanes of at least 4 members (excludes halogenated alkanes) is 47. The average molecular weight is 1030 g/mol. The number of ether oxygens (including phenoxy) is 1. The highest BCUT2D eigenvalue weighted by Gasteiger charge is 2.20. The van der Waals surface area contributed by atoms with E-state index in [1.807, 2.05) is 0 Å². The van der Waals surface area contributed by atoms with Crippen molar-refractivity contribution in [3.63, 3.8) is 0 Å². The molecule has 0 rings (SSSR count). The lowest BCUT2D eigenvalue weighted by Gasteiger charge is -2.22. The van der Waals surface area contributed by atoms with Crippen molar-refractivity contribution in [2.75, 3.05) is 13.2 Å². The molecule has 0 saturated carbocycles. The molecule has 0 fully saturated rings. The second-order valence-corrected chi connectivity index (χ2v) is 22.8. The van der Waals surface area contributed by atoms with E-state index in [0.717, 1.165) is 51.4 Å². The molecule has 6 nitrogen and oxygen atoms in total. The molecular weight excluding hydrogens is 899 g/mol. The maximum absolute atomic E-state index is 12.4. The Kier molecular flexibility index (Phi) is 61.4. The molecule has 0 aromatic rings. The lowest BCUT2D eigenvalue weighted by atomic mass is 10.0. The average Bonchev–Trinajstić information content (AvgIpc) is 3.39. The monoisotopic (exact) mass is 1030 g/mol. The van der Waals surface area contributed by atoms with Crippen LogP contribution in [0, 0.1) is 0 Å². The number of hydrogen-bond acceptors (Lipinski definition) is 5. The number of carbonyl (C=O) groups is 2. The molecule has 0 spiro atoms. The van der Waals surface area contributed by atoms with Crippen molar-refractivity contribution in [1.82, 2.24) is 5.32 Å². The van der Waals surface area contributed by atoms with E-state index in [-0.39, 0.29) is 18.5 Å². The lowest BCUT2D eigenvalue weighted by molar-refractivity contribution is -0.143. The molecule has 2 unspecified atom stereocenters. The van der Waals surface area contributed by atoms with Crippen molar-refractivity contribution in [2.24, 2.45) is 0 Å². The summed E-state index contributed by atoms with van der Waals surface area (Å²) in [4.78, 5) is 24.5. The zero-order chi connectivity index (χ0) is 52.9. The summed E-state index contributed by atoms with van der Waals surface area (Å²) in [6.07, 6.45) is 77.9. The third kappa shape index (κ3) is 59.4. The van der Waals surface area contributed by atoms with E-state index in [1.165, 1.54) is 283 Å². The summed E-state index contributed by atoms with van der Waals surface area (Å²) >= 11 is 0. The molecule has 0 aliphatic rings. The molecule has 0 aliphatic carbocycles. The molecule has 1 amide bonds. The molecule has 0 aromatic carbocycles. The fourth-order valence-corrected chi connectivity index (χ4v) is 10.4. The quantitative estimate of drug-likeness (QED) is 0.0320. The zero-order valence-electron chi connectivity index (χ0n) is 49.4. The number of amides is 1. The van der Waals surface area contributed by atoms with Crippen LogP contribution in [0.3, 0.4) is 0 Å². The van der Waals surface area contributed by atoms with E-state index in [1.54, 1.807) is 0 Å². The predicted octanol–water partition coefficient (Wildman–Crippen LogP) is 21.0. The Morgan fingerprint density at radius 3 is 1.07 bits per heavy atom. The van der Waals surface area contributed by atoms with E-state index in [2.05, 4.69) is 43.5 Å². The summed E-state index contributed by atoms with van der Waals surface area (Å²) in [6, 6.07) is -0.537. The molecule has 0 aromatic heterocycles. The third-order valence-corrected chi connectivity index (χ3v) is 15.5. The number of aliphatic hydroxyl groups excluding tert-OH is 2. The summed E-state index contributed by atoms with van der Waals surface area (Å²) in [6.45, 7) is 4.94. The molecule has 0 saturated heterocycles. The Morgan fingerprint density at radius 2 is 0.685 bits per heavy atom. The van der Waals surface area contributed by atoms with Crippen molar-refractivity contribution in [3.8, 4) is 0 Å². The van der Waals surface area contributed by atoms with Crippen molar-refractivity contribution >= 4 is 11.9 Å². The van der Waals surface area contributed by atoms with Gasteiger partial charge < -0.3 is 20.3 Å². The van der Waals surface area contributed by atoms with Gasteiger partial charge in [0.05, 0.1) is 25.4 Å². The normalized spacial score (nSPS) is 12.7. The molecule has 432 valence electrons. The molecule has 0 bridgehead atoms. The number of aliphatic hydroxyl groups is 2. The van der Waals surface area contributed by atoms with E-state index in [4.69, 9.17) is 4.74 Å². The summed E-state index contributed by atoms with van der Waals surface area (Å²) in [5, 5.41) is 23.2. The van der Waals surface area contributed by atoms with Gasteiger partial charge in [0.2, 0.25) is 5.91 Å². The minimum atomic E-state index is -0.660. The van der Waals surface area contributed by atoms with Crippen LogP contribution in [0.25, 0.3) is 0 Å². The molecule has 0 aliphatic heterocycles. The van der Waals surface area contributed by atoms with Crippen LogP contribution in [-0.4, -0.2) is 47.4 Å². The first-order valence-electron chi connectivity index (χ1n) is 33.1. The molecule has 73 heavy (non-hydrogen) atoms. The first-order chi connectivity index (χ1) is 36.0. The van der Waals surface area contributed by atoms with Crippen molar-refractivity contribution in [2.45, 2.75) is 379 Å². The van der Waals surface area contributed by atoms with Gasteiger partial charge in [-0.05, 0) is 57.8 Å². The highest BCUT2D eigenvalue weighted by molar-refractivity contribution is 5.76.